The second kappa shape index (κ2) is 7.20. The summed E-state index contributed by atoms with van der Waals surface area (Å²) in [5.74, 6) is -1.50. The predicted octanol–water partition coefficient (Wildman–Crippen LogP) is 2.57. The van der Waals surface area contributed by atoms with Gasteiger partial charge in [-0.3, -0.25) is 14.5 Å². The van der Waals surface area contributed by atoms with Crippen LogP contribution in [-0.4, -0.2) is 46.2 Å². The molecule has 0 saturated carbocycles. The molecule has 7 heteroatoms. The van der Waals surface area contributed by atoms with Crippen LogP contribution >= 0.6 is 0 Å². The number of halogens is 1. The smallest absolute Gasteiger partial charge is 0.267 e. The lowest BCUT2D eigenvalue weighted by Gasteiger charge is -2.27. The van der Waals surface area contributed by atoms with Crippen LogP contribution in [-0.2, 0) is 6.42 Å². The Morgan fingerprint density at radius 2 is 2.14 bits per heavy atom. The van der Waals surface area contributed by atoms with Crippen LogP contribution in [0.5, 0.6) is 5.75 Å². The van der Waals surface area contributed by atoms with Crippen molar-refractivity contribution in [2.75, 3.05) is 19.6 Å². The van der Waals surface area contributed by atoms with Crippen molar-refractivity contribution in [2.45, 2.75) is 51.6 Å². The lowest BCUT2D eigenvalue weighted by atomic mass is 9.95. The first kappa shape index (κ1) is 18.9. The number of benzene rings is 1. The lowest BCUT2D eigenvalue weighted by molar-refractivity contribution is 0.0936. The maximum absolute atomic E-state index is 14.1. The van der Waals surface area contributed by atoms with E-state index >= 15 is 0 Å². The van der Waals surface area contributed by atoms with Crippen LogP contribution in [0.4, 0.5) is 4.39 Å². The van der Waals surface area contributed by atoms with E-state index in [0.29, 0.717) is 30.5 Å². The SMILES string of the molecule is CCN1CCC[C@@H]1CNC(=O)c1c(O)c2cc(F)cc3c2n(c1=O)[C@@H](C)CC3. The summed E-state index contributed by atoms with van der Waals surface area (Å²) in [5, 5.41) is 13.8. The van der Waals surface area contributed by atoms with Gasteiger partial charge < -0.3 is 15.0 Å². The zero-order valence-corrected chi connectivity index (χ0v) is 16.3. The maximum atomic E-state index is 14.1. The van der Waals surface area contributed by atoms with Gasteiger partial charge in [0.15, 0.2) is 0 Å². The number of carbonyl (C=O) groups excluding carboxylic acids is 1. The fraction of sp³-hybridized carbons (Fsp3) is 0.524. The fourth-order valence-corrected chi connectivity index (χ4v) is 4.73. The minimum absolute atomic E-state index is 0.120. The van der Waals surface area contributed by atoms with E-state index in [-0.39, 0.29) is 23.0 Å². The molecule has 1 fully saturated rings. The molecule has 1 aromatic heterocycles. The van der Waals surface area contributed by atoms with E-state index in [2.05, 4.69) is 17.1 Å². The third-order valence-corrected chi connectivity index (χ3v) is 6.22. The monoisotopic (exact) mass is 387 g/mol. The molecule has 1 amide bonds. The lowest BCUT2D eigenvalue weighted by Crippen LogP contribution is -2.42. The first-order valence-electron chi connectivity index (χ1n) is 10.0. The Hall–Kier alpha value is -2.41. The average molecular weight is 387 g/mol. The summed E-state index contributed by atoms with van der Waals surface area (Å²) >= 11 is 0. The van der Waals surface area contributed by atoms with Crippen molar-refractivity contribution in [3.8, 4) is 5.75 Å². The number of hydrogen-bond donors (Lipinski definition) is 2. The third kappa shape index (κ3) is 2.98. The largest absolute Gasteiger partial charge is 0.506 e. The molecule has 150 valence electrons. The molecule has 3 heterocycles. The third-order valence-electron chi connectivity index (χ3n) is 6.22. The second-order valence-corrected chi connectivity index (χ2v) is 7.88. The van der Waals surface area contributed by atoms with Crippen LogP contribution in [0.1, 0.15) is 55.1 Å². The highest BCUT2D eigenvalue weighted by atomic mass is 19.1. The molecule has 2 aliphatic rings. The minimum Gasteiger partial charge on any atom is -0.506 e. The van der Waals surface area contributed by atoms with Gasteiger partial charge in [-0.1, -0.05) is 6.92 Å². The molecule has 2 aliphatic heterocycles. The van der Waals surface area contributed by atoms with E-state index in [1.165, 1.54) is 16.7 Å². The maximum Gasteiger partial charge on any atom is 0.267 e. The Balaban J connectivity index is 1.75. The number of aromatic hydroxyl groups is 1. The van der Waals surface area contributed by atoms with Crippen molar-refractivity contribution in [3.63, 3.8) is 0 Å². The molecule has 0 bridgehead atoms. The van der Waals surface area contributed by atoms with E-state index in [9.17, 15) is 19.1 Å². The zero-order valence-electron chi connectivity index (χ0n) is 16.3. The number of nitrogens with one attached hydrogen (secondary N) is 1. The molecule has 1 saturated heterocycles. The number of pyridine rings is 1. The van der Waals surface area contributed by atoms with Crippen LogP contribution < -0.4 is 10.9 Å². The Morgan fingerprint density at radius 1 is 1.36 bits per heavy atom. The highest BCUT2D eigenvalue weighted by Crippen LogP contribution is 2.35. The number of likely N-dealkylation sites (N-methyl/N-ethyl adjacent to an activating group) is 1. The quantitative estimate of drug-likeness (QED) is 0.846. The first-order valence-corrected chi connectivity index (χ1v) is 10.0. The van der Waals surface area contributed by atoms with Gasteiger partial charge in [0, 0.05) is 24.0 Å². The predicted molar refractivity (Wildman–Crippen MR) is 105 cm³/mol. The highest BCUT2D eigenvalue weighted by Gasteiger charge is 2.29. The van der Waals surface area contributed by atoms with Crippen LogP contribution in [0.3, 0.4) is 0 Å². The van der Waals surface area contributed by atoms with Gasteiger partial charge in [0.05, 0.1) is 5.52 Å². The van der Waals surface area contributed by atoms with E-state index in [0.717, 1.165) is 25.9 Å². The fourth-order valence-electron chi connectivity index (χ4n) is 4.73. The van der Waals surface area contributed by atoms with Crippen molar-refractivity contribution < 1.29 is 14.3 Å². The molecular formula is C21H26FN3O3. The van der Waals surface area contributed by atoms with Gasteiger partial charge >= 0.3 is 0 Å². The molecular weight excluding hydrogens is 361 g/mol. The van der Waals surface area contributed by atoms with Crippen molar-refractivity contribution in [2.24, 2.45) is 0 Å². The summed E-state index contributed by atoms with van der Waals surface area (Å²) in [6, 6.07) is 2.73. The highest BCUT2D eigenvalue weighted by molar-refractivity contribution is 6.03. The number of likely N-dealkylation sites (tertiary alicyclic amines) is 1. The van der Waals surface area contributed by atoms with Crippen molar-refractivity contribution in [3.05, 3.63) is 39.4 Å². The minimum atomic E-state index is -0.598. The summed E-state index contributed by atoms with van der Waals surface area (Å²) in [6.07, 6.45) is 3.40. The molecule has 4 rings (SSSR count). The summed E-state index contributed by atoms with van der Waals surface area (Å²) in [5.41, 5.74) is 0.421. The number of carbonyl (C=O) groups is 1. The van der Waals surface area contributed by atoms with Crippen molar-refractivity contribution in [1.82, 2.24) is 14.8 Å². The van der Waals surface area contributed by atoms with E-state index in [4.69, 9.17) is 0 Å². The number of aryl methyl sites for hydroxylation is 1. The van der Waals surface area contributed by atoms with Gasteiger partial charge in [0.25, 0.3) is 11.5 Å². The number of aromatic nitrogens is 1. The van der Waals surface area contributed by atoms with Crippen LogP contribution in [0.2, 0.25) is 0 Å². The summed E-state index contributed by atoms with van der Waals surface area (Å²) in [6.45, 7) is 6.33. The van der Waals surface area contributed by atoms with E-state index in [1.54, 1.807) is 0 Å². The molecule has 28 heavy (non-hydrogen) atoms. The number of amides is 1. The Kier molecular flexibility index (Phi) is 4.87. The van der Waals surface area contributed by atoms with E-state index in [1.807, 2.05) is 6.92 Å². The van der Waals surface area contributed by atoms with Crippen molar-refractivity contribution >= 4 is 16.8 Å². The molecule has 0 unspecified atom stereocenters. The number of rotatable bonds is 4. The summed E-state index contributed by atoms with van der Waals surface area (Å²) in [4.78, 5) is 28.3. The Labute approximate surface area is 163 Å². The van der Waals surface area contributed by atoms with Gasteiger partial charge in [-0.15, -0.1) is 0 Å². The second-order valence-electron chi connectivity index (χ2n) is 7.88. The Bertz CT molecular complexity index is 1000. The average Bonchev–Trinajstić information content (AvgIpc) is 3.12. The van der Waals surface area contributed by atoms with Gasteiger partial charge in [-0.05, 0) is 63.4 Å². The summed E-state index contributed by atoms with van der Waals surface area (Å²) in [7, 11) is 0. The van der Waals surface area contributed by atoms with Gasteiger partial charge in [0.2, 0.25) is 0 Å². The number of hydrogen-bond acceptors (Lipinski definition) is 4. The Morgan fingerprint density at radius 3 is 2.89 bits per heavy atom. The van der Waals surface area contributed by atoms with Gasteiger partial charge in [0.1, 0.15) is 17.1 Å². The molecule has 0 radical (unpaired) electrons. The molecule has 0 spiro atoms. The van der Waals surface area contributed by atoms with Crippen LogP contribution in [0, 0.1) is 5.82 Å². The molecule has 2 aromatic rings. The molecule has 1 aromatic carbocycles. The topological polar surface area (TPSA) is 74.6 Å². The van der Waals surface area contributed by atoms with E-state index < -0.39 is 23.0 Å². The standard InChI is InChI=1S/C21H26FN3O3/c1-3-24-8-4-5-15(24)11-23-20(27)17-19(26)16-10-14(22)9-13-7-6-12(2)25(18(13)16)21(17)28/h9-10,12,15,26H,3-8,11H2,1-2H3,(H,23,27)/t12-,15+/m0/s1. The van der Waals surface area contributed by atoms with Crippen LogP contribution in [0.15, 0.2) is 16.9 Å². The summed E-state index contributed by atoms with van der Waals surface area (Å²) < 4.78 is 15.6. The van der Waals surface area contributed by atoms with Gasteiger partial charge in [-0.25, -0.2) is 4.39 Å². The zero-order chi connectivity index (χ0) is 20.0. The molecule has 2 atom stereocenters. The van der Waals surface area contributed by atoms with Crippen molar-refractivity contribution in [1.29, 1.82) is 0 Å². The molecule has 2 N–H and O–H groups in total. The normalized spacial score (nSPS) is 22.0. The van der Waals surface area contributed by atoms with Crippen LogP contribution in [0.25, 0.3) is 10.9 Å². The first-order chi connectivity index (χ1) is 13.4. The van der Waals surface area contributed by atoms with Gasteiger partial charge in [-0.2, -0.15) is 0 Å². The molecule has 0 aliphatic carbocycles. The molecule has 6 nitrogen and oxygen atoms in total. The number of nitrogens with zero attached hydrogens (tertiary/aromatic N) is 2.